The van der Waals surface area contributed by atoms with Gasteiger partial charge in [-0.1, -0.05) is 6.07 Å². The smallest absolute Gasteiger partial charge is 0.165 e. The standard InChI is InChI=1S/C13H11F2NO2/c1-18-12-6-8(2-3-10(12)14)13(17)9-4-5-16-7-11(9)15/h2-7,13,17H,1H3. The van der Waals surface area contributed by atoms with E-state index in [0.717, 1.165) is 12.3 Å². The number of pyridine rings is 1. The number of hydrogen-bond donors (Lipinski definition) is 1. The number of nitrogens with zero attached hydrogens (tertiary/aromatic N) is 1. The molecule has 0 saturated heterocycles. The number of rotatable bonds is 3. The highest BCUT2D eigenvalue weighted by molar-refractivity contribution is 5.36. The SMILES string of the molecule is COc1cc(C(O)c2ccncc2F)ccc1F. The van der Waals surface area contributed by atoms with Crippen LogP contribution in [-0.4, -0.2) is 17.2 Å². The molecule has 5 heteroatoms. The minimum Gasteiger partial charge on any atom is -0.494 e. The van der Waals surface area contributed by atoms with Gasteiger partial charge in [0.05, 0.1) is 13.3 Å². The second-order valence-corrected chi connectivity index (χ2v) is 3.69. The Morgan fingerprint density at radius 1 is 1.22 bits per heavy atom. The fourth-order valence-corrected chi connectivity index (χ4v) is 1.63. The second kappa shape index (κ2) is 5.10. The summed E-state index contributed by atoms with van der Waals surface area (Å²) in [6, 6.07) is 5.24. The van der Waals surface area contributed by atoms with Crippen molar-refractivity contribution in [1.82, 2.24) is 4.98 Å². The molecule has 3 nitrogen and oxygen atoms in total. The first-order chi connectivity index (χ1) is 8.63. The number of methoxy groups -OCH3 is 1. The maximum absolute atomic E-state index is 13.5. The van der Waals surface area contributed by atoms with Crippen LogP contribution in [0.4, 0.5) is 8.78 Å². The molecule has 94 valence electrons. The van der Waals surface area contributed by atoms with Crippen LogP contribution in [0.25, 0.3) is 0 Å². The quantitative estimate of drug-likeness (QED) is 0.911. The van der Waals surface area contributed by atoms with Crippen LogP contribution < -0.4 is 4.74 Å². The molecule has 0 amide bonds. The summed E-state index contributed by atoms with van der Waals surface area (Å²) in [6.45, 7) is 0. The average Bonchev–Trinajstić information content (AvgIpc) is 2.39. The molecule has 1 aromatic heterocycles. The van der Waals surface area contributed by atoms with E-state index < -0.39 is 17.7 Å². The van der Waals surface area contributed by atoms with Crippen molar-refractivity contribution in [1.29, 1.82) is 0 Å². The Balaban J connectivity index is 2.40. The lowest BCUT2D eigenvalue weighted by Crippen LogP contribution is -2.03. The van der Waals surface area contributed by atoms with Gasteiger partial charge in [0, 0.05) is 11.8 Å². The van der Waals surface area contributed by atoms with Crippen LogP contribution in [0.1, 0.15) is 17.2 Å². The van der Waals surface area contributed by atoms with Crippen molar-refractivity contribution in [3.05, 3.63) is 59.4 Å². The maximum Gasteiger partial charge on any atom is 0.165 e. The van der Waals surface area contributed by atoms with Crippen molar-refractivity contribution in [2.24, 2.45) is 0 Å². The van der Waals surface area contributed by atoms with Crippen LogP contribution in [0.5, 0.6) is 5.75 Å². The third kappa shape index (κ3) is 2.31. The van der Waals surface area contributed by atoms with E-state index in [9.17, 15) is 13.9 Å². The van der Waals surface area contributed by atoms with Crippen molar-refractivity contribution in [3.8, 4) is 5.75 Å². The van der Waals surface area contributed by atoms with Gasteiger partial charge in [0.1, 0.15) is 11.9 Å². The molecule has 1 unspecified atom stereocenters. The second-order valence-electron chi connectivity index (χ2n) is 3.69. The molecular formula is C13H11F2NO2. The molecule has 0 aliphatic carbocycles. The summed E-state index contributed by atoms with van der Waals surface area (Å²) in [5.41, 5.74) is 0.428. The molecule has 0 spiro atoms. The molecule has 0 fully saturated rings. The Bertz CT molecular complexity index is 560. The highest BCUT2D eigenvalue weighted by Gasteiger charge is 2.16. The average molecular weight is 251 g/mol. The summed E-state index contributed by atoms with van der Waals surface area (Å²) < 4.78 is 31.5. The van der Waals surface area contributed by atoms with E-state index in [1.807, 2.05) is 0 Å². The van der Waals surface area contributed by atoms with Crippen molar-refractivity contribution in [2.75, 3.05) is 7.11 Å². The number of halogens is 2. The maximum atomic E-state index is 13.5. The van der Waals surface area contributed by atoms with Crippen LogP contribution in [0.15, 0.2) is 36.7 Å². The van der Waals surface area contributed by atoms with E-state index >= 15 is 0 Å². The summed E-state index contributed by atoms with van der Waals surface area (Å²) in [5, 5.41) is 10.0. The van der Waals surface area contributed by atoms with E-state index in [1.165, 1.54) is 31.5 Å². The molecule has 1 heterocycles. The van der Waals surface area contributed by atoms with Gasteiger partial charge in [-0.25, -0.2) is 8.78 Å². The number of aliphatic hydroxyl groups excluding tert-OH is 1. The van der Waals surface area contributed by atoms with Crippen LogP contribution in [0.3, 0.4) is 0 Å². The molecular weight excluding hydrogens is 240 g/mol. The number of benzene rings is 1. The Morgan fingerprint density at radius 3 is 2.67 bits per heavy atom. The molecule has 0 radical (unpaired) electrons. The van der Waals surface area contributed by atoms with Crippen molar-refractivity contribution < 1.29 is 18.6 Å². The van der Waals surface area contributed by atoms with Gasteiger partial charge in [-0.3, -0.25) is 4.98 Å². The van der Waals surface area contributed by atoms with Gasteiger partial charge < -0.3 is 9.84 Å². The fourth-order valence-electron chi connectivity index (χ4n) is 1.63. The third-order valence-electron chi connectivity index (χ3n) is 2.59. The summed E-state index contributed by atoms with van der Waals surface area (Å²) in [6.07, 6.45) is 1.20. The largest absolute Gasteiger partial charge is 0.494 e. The number of hydrogen-bond acceptors (Lipinski definition) is 3. The van der Waals surface area contributed by atoms with Gasteiger partial charge in [0.15, 0.2) is 11.6 Å². The molecule has 1 aromatic carbocycles. The van der Waals surface area contributed by atoms with E-state index in [0.29, 0.717) is 5.56 Å². The minimum absolute atomic E-state index is 0.000939. The summed E-state index contributed by atoms with van der Waals surface area (Å²) in [7, 11) is 1.32. The molecule has 0 bridgehead atoms. The first-order valence-corrected chi connectivity index (χ1v) is 5.24. The Labute approximate surface area is 103 Å². The van der Waals surface area contributed by atoms with Crippen LogP contribution >= 0.6 is 0 Å². The van der Waals surface area contributed by atoms with Crippen LogP contribution in [0.2, 0.25) is 0 Å². The normalized spacial score (nSPS) is 12.2. The van der Waals surface area contributed by atoms with Crippen LogP contribution in [0, 0.1) is 11.6 Å². The predicted molar refractivity (Wildman–Crippen MR) is 61.2 cm³/mol. The molecule has 0 aliphatic heterocycles. The lowest BCUT2D eigenvalue weighted by Gasteiger charge is -2.13. The summed E-state index contributed by atoms with van der Waals surface area (Å²) in [4.78, 5) is 3.60. The Kier molecular flexibility index (Phi) is 3.53. The van der Waals surface area contributed by atoms with E-state index in [-0.39, 0.29) is 11.3 Å². The zero-order valence-corrected chi connectivity index (χ0v) is 9.60. The van der Waals surface area contributed by atoms with E-state index in [2.05, 4.69) is 4.98 Å². The molecule has 0 saturated carbocycles. The Morgan fingerprint density at radius 2 is 2.00 bits per heavy atom. The highest BCUT2D eigenvalue weighted by Crippen LogP contribution is 2.27. The van der Waals surface area contributed by atoms with Gasteiger partial charge in [-0.15, -0.1) is 0 Å². The van der Waals surface area contributed by atoms with Crippen molar-refractivity contribution >= 4 is 0 Å². The summed E-state index contributed by atoms with van der Waals surface area (Å²) >= 11 is 0. The molecule has 2 aromatic rings. The van der Waals surface area contributed by atoms with Gasteiger partial charge in [-0.2, -0.15) is 0 Å². The van der Waals surface area contributed by atoms with Crippen LogP contribution in [-0.2, 0) is 0 Å². The third-order valence-corrected chi connectivity index (χ3v) is 2.59. The van der Waals surface area contributed by atoms with Gasteiger partial charge >= 0.3 is 0 Å². The topological polar surface area (TPSA) is 42.4 Å². The number of aromatic nitrogens is 1. The minimum atomic E-state index is -1.19. The molecule has 2 rings (SSSR count). The highest BCUT2D eigenvalue weighted by atomic mass is 19.1. The van der Waals surface area contributed by atoms with E-state index in [4.69, 9.17) is 4.74 Å². The van der Waals surface area contributed by atoms with Gasteiger partial charge in [-0.05, 0) is 23.8 Å². The monoisotopic (exact) mass is 251 g/mol. The molecule has 1 atom stereocenters. The lowest BCUT2D eigenvalue weighted by atomic mass is 10.0. The molecule has 18 heavy (non-hydrogen) atoms. The van der Waals surface area contributed by atoms with E-state index in [1.54, 1.807) is 0 Å². The lowest BCUT2D eigenvalue weighted by molar-refractivity contribution is 0.214. The number of aliphatic hydroxyl groups is 1. The van der Waals surface area contributed by atoms with Crippen molar-refractivity contribution in [3.63, 3.8) is 0 Å². The molecule has 0 aliphatic rings. The predicted octanol–water partition coefficient (Wildman–Crippen LogP) is 2.45. The van der Waals surface area contributed by atoms with Gasteiger partial charge in [0.2, 0.25) is 0 Å². The first-order valence-electron chi connectivity index (χ1n) is 5.24. The zero-order valence-electron chi connectivity index (χ0n) is 9.60. The fraction of sp³-hybridized carbons (Fsp3) is 0.154. The zero-order chi connectivity index (χ0) is 13.1. The van der Waals surface area contributed by atoms with Crippen molar-refractivity contribution in [2.45, 2.75) is 6.10 Å². The number of ether oxygens (including phenoxy) is 1. The summed E-state index contributed by atoms with van der Waals surface area (Å²) in [5.74, 6) is -1.15. The molecule has 1 N–H and O–H groups in total. The Hall–Kier alpha value is -2.01. The van der Waals surface area contributed by atoms with Gasteiger partial charge in [0.25, 0.3) is 0 Å². The first kappa shape index (κ1) is 12.4.